The van der Waals surface area contributed by atoms with Crippen molar-refractivity contribution in [3.8, 4) is 0 Å². The maximum atomic E-state index is 12.0. The van der Waals surface area contributed by atoms with Crippen LogP contribution >= 0.6 is 27.7 Å². The quantitative estimate of drug-likeness (QED) is 0.628. The summed E-state index contributed by atoms with van der Waals surface area (Å²) >= 11 is 5.05. The van der Waals surface area contributed by atoms with Gasteiger partial charge in [-0.3, -0.25) is 4.79 Å². The number of hydrogen-bond donors (Lipinski definition) is 1. The number of aryl methyl sites for hydroxylation is 1. The van der Waals surface area contributed by atoms with Gasteiger partial charge in [-0.05, 0) is 48.2 Å². The van der Waals surface area contributed by atoms with E-state index in [0.717, 1.165) is 22.3 Å². The Morgan fingerprint density at radius 2 is 1.70 bits per heavy atom. The fourth-order valence-corrected chi connectivity index (χ4v) is 3.23. The Morgan fingerprint density at radius 3 is 2.35 bits per heavy atom. The van der Waals surface area contributed by atoms with Crippen LogP contribution in [0.3, 0.4) is 0 Å². The van der Waals surface area contributed by atoms with Gasteiger partial charge in [-0.1, -0.05) is 53.5 Å². The second-order valence-corrected chi connectivity index (χ2v) is 7.37. The molecule has 0 aliphatic heterocycles. The van der Waals surface area contributed by atoms with Crippen LogP contribution in [0.15, 0.2) is 53.0 Å². The highest BCUT2D eigenvalue weighted by Gasteiger charge is 2.03. The van der Waals surface area contributed by atoms with Crippen LogP contribution in [-0.2, 0) is 17.0 Å². The van der Waals surface area contributed by atoms with Crippen molar-refractivity contribution >= 4 is 39.3 Å². The zero-order valence-electron chi connectivity index (χ0n) is 13.3. The predicted molar refractivity (Wildman–Crippen MR) is 104 cm³/mol. The molecule has 0 saturated heterocycles. The van der Waals surface area contributed by atoms with Gasteiger partial charge in [0.25, 0.3) is 0 Å². The number of amides is 1. The number of carbonyl (C=O) groups excluding carboxylic acids is 1. The predicted octanol–water partition coefficient (Wildman–Crippen LogP) is 5.66. The fraction of sp³-hybridized carbons (Fsp3) is 0.316. The third kappa shape index (κ3) is 6.80. The number of carbonyl (C=O) groups is 1. The van der Waals surface area contributed by atoms with E-state index in [1.165, 1.54) is 24.0 Å². The summed E-state index contributed by atoms with van der Waals surface area (Å²) in [5.41, 5.74) is 3.43. The van der Waals surface area contributed by atoms with Crippen molar-refractivity contribution in [2.24, 2.45) is 0 Å². The van der Waals surface area contributed by atoms with Gasteiger partial charge in [-0.15, -0.1) is 11.8 Å². The summed E-state index contributed by atoms with van der Waals surface area (Å²) in [7, 11) is 0. The number of thioether (sulfide) groups is 1. The molecule has 0 spiro atoms. The molecule has 0 bridgehead atoms. The van der Waals surface area contributed by atoms with Gasteiger partial charge in [-0.2, -0.15) is 0 Å². The standard InChI is InChI=1S/C19H22BrNOS/c1-2-3-4-15-7-11-18(12-8-15)21-19(22)14-23-13-16-5-9-17(20)10-6-16/h5-12H,2-4,13-14H2,1H3,(H,21,22). The monoisotopic (exact) mass is 391 g/mol. The number of rotatable bonds is 8. The van der Waals surface area contributed by atoms with E-state index in [-0.39, 0.29) is 5.91 Å². The molecule has 0 aromatic heterocycles. The van der Waals surface area contributed by atoms with Gasteiger partial charge in [-0.25, -0.2) is 0 Å². The van der Waals surface area contributed by atoms with E-state index in [1.807, 2.05) is 24.3 Å². The van der Waals surface area contributed by atoms with Crippen molar-refractivity contribution in [2.75, 3.05) is 11.1 Å². The van der Waals surface area contributed by atoms with Crippen LogP contribution in [0.2, 0.25) is 0 Å². The molecule has 4 heteroatoms. The molecule has 1 amide bonds. The van der Waals surface area contributed by atoms with Crippen molar-refractivity contribution in [3.63, 3.8) is 0 Å². The van der Waals surface area contributed by atoms with Gasteiger partial charge in [0.05, 0.1) is 5.75 Å². The lowest BCUT2D eigenvalue weighted by atomic mass is 10.1. The molecular formula is C19H22BrNOS. The summed E-state index contributed by atoms with van der Waals surface area (Å²) in [6, 6.07) is 16.4. The molecule has 2 aromatic carbocycles. The molecule has 23 heavy (non-hydrogen) atoms. The molecule has 1 N–H and O–H groups in total. The molecule has 0 radical (unpaired) electrons. The van der Waals surface area contributed by atoms with Crippen LogP contribution in [0.5, 0.6) is 0 Å². The molecule has 0 aliphatic rings. The topological polar surface area (TPSA) is 29.1 Å². The Bertz CT molecular complexity index is 610. The van der Waals surface area contributed by atoms with Crippen molar-refractivity contribution in [3.05, 3.63) is 64.1 Å². The van der Waals surface area contributed by atoms with E-state index < -0.39 is 0 Å². The SMILES string of the molecule is CCCCc1ccc(NC(=O)CSCc2ccc(Br)cc2)cc1. The van der Waals surface area contributed by atoms with Gasteiger partial charge in [0, 0.05) is 15.9 Å². The smallest absolute Gasteiger partial charge is 0.234 e. The minimum atomic E-state index is 0.0495. The van der Waals surface area contributed by atoms with E-state index in [2.05, 4.69) is 52.4 Å². The number of benzene rings is 2. The summed E-state index contributed by atoms with van der Waals surface area (Å²) in [5.74, 6) is 1.36. The summed E-state index contributed by atoms with van der Waals surface area (Å²) < 4.78 is 1.08. The molecule has 0 atom stereocenters. The molecular weight excluding hydrogens is 370 g/mol. The largest absolute Gasteiger partial charge is 0.325 e. The minimum absolute atomic E-state index is 0.0495. The van der Waals surface area contributed by atoms with Gasteiger partial charge in [0.2, 0.25) is 5.91 Å². The van der Waals surface area contributed by atoms with Crippen molar-refractivity contribution in [1.29, 1.82) is 0 Å². The minimum Gasteiger partial charge on any atom is -0.325 e. The van der Waals surface area contributed by atoms with Crippen LogP contribution in [0, 0.1) is 0 Å². The Labute approximate surface area is 151 Å². The Morgan fingerprint density at radius 1 is 1.04 bits per heavy atom. The zero-order valence-corrected chi connectivity index (χ0v) is 15.8. The third-order valence-corrected chi connectivity index (χ3v) is 5.00. The highest BCUT2D eigenvalue weighted by Crippen LogP contribution is 2.17. The average Bonchev–Trinajstić information content (AvgIpc) is 2.56. The van der Waals surface area contributed by atoms with Gasteiger partial charge >= 0.3 is 0 Å². The maximum absolute atomic E-state index is 12.0. The molecule has 122 valence electrons. The molecule has 2 aromatic rings. The number of nitrogens with one attached hydrogen (secondary N) is 1. The zero-order chi connectivity index (χ0) is 16.5. The number of halogens is 1. The lowest BCUT2D eigenvalue weighted by Crippen LogP contribution is -2.14. The van der Waals surface area contributed by atoms with E-state index in [0.29, 0.717) is 5.75 Å². The molecule has 0 saturated carbocycles. The molecule has 2 nitrogen and oxygen atoms in total. The Hall–Kier alpha value is -1.26. The van der Waals surface area contributed by atoms with Crippen molar-refractivity contribution in [2.45, 2.75) is 31.9 Å². The molecule has 0 heterocycles. The molecule has 0 aliphatic carbocycles. The fourth-order valence-electron chi connectivity index (χ4n) is 2.17. The van der Waals surface area contributed by atoms with Crippen molar-refractivity contribution in [1.82, 2.24) is 0 Å². The third-order valence-electron chi connectivity index (χ3n) is 3.47. The first-order chi connectivity index (χ1) is 11.2. The first-order valence-electron chi connectivity index (χ1n) is 7.88. The maximum Gasteiger partial charge on any atom is 0.234 e. The van der Waals surface area contributed by atoms with Crippen LogP contribution in [-0.4, -0.2) is 11.7 Å². The van der Waals surface area contributed by atoms with E-state index >= 15 is 0 Å². The first kappa shape index (κ1) is 18.1. The number of unbranched alkanes of at least 4 members (excludes halogenated alkanes) is 1. The van der Waals surface area contributed by atoms with Crippen LogP contribution in [0.4, 0.5) is 5.69 Å². The highest BCUT2D eigenvalue weighted by atomic mass is 79.9. The summed E-state index contributed by atoms with van der Waals surface area (Å²) in [4.78, 5) is 12.0. The molecule has 2 rings (SSSR count). The lowest BCUT2D eigenvalue weighted by molar-refractivity contribution is -0.113. The molecule has 0 fully saturated rings. The number of hydrogen-bond acceptors (Lipinski definition) is 2. The first-order valence-corrected chi connectivity index (χ1v) is 9.83. The van der Waals surface area contributed by atoms with E-state index in [9.17, 15) is 4.79 Å². The van der Waals surface area contributed by atoms with E-state index in [1.54, 1.807) is 11.8 Å². The normalized spacial score (nSPS) is 10.5. The van der Waals surface area contributed by atoms with Crippen LogP contribution in [0.1, 0.15) is 30.9 Å². The molecule has 0 unspecified atom stereocenters. The van der Waals surface area contributed by atoms with Gasteiger partial charge in [0.1, 0.15) is 0 Å². The Balaban J connectivity index is 1.72. The van der Waals surface area contributed by atoms with E-state index in [4.69, 9.17) is 0 Å². The second kappa shape index (κ2) is 9.78. The number of anilines is 1. The van der Waals surface area contributed by atoms with Crippen molar-refractivity contribution < 1.29 is 4.79 Å². The Kier molecular flexibility index (Phi) is 7.69. The highest BCUT2D eigenvalue weighted by molar-refractivity contribution is 9.10. The second-order valence-electron chi connectivity index (χ2n) is 5.47. The van der Waals surface area contributed by atoms with Gasteiger partial charge < -0.3 is 5.32 Å². The summed E-state index contributed by atoms with van der Waals surface area (Å²) in [6.07, 6.45) is 3.51. The summed E-state index contributed by atoms with van der Waals surface area (Å²) in [5, 5.41) is 2.95. The average molecular weight is 392 g/mol. The lowest BCUT2D eigenvalue weighted by Gasteiger charge is -2.07. The van der Waals surface area contributed by atoms with Crippen LogP contribution in [0.25, 0.3) is 0 Å². The summed E-state index contributed by atoms with van der Waals surface area (Å²) in [6.45, 7) is 2.19. The van der Waals surface area contributed by atoms with Gasteiger partial charge in [0.15, 0.2) is 0 Å². The van der Waals surface area contributed by atoms with Crippen LogP contribution < -0.4 is 5.32 Å².